The van der Waals surface area contributed by atoms with Gasteiger partial charge in [0.2, 0.25) is 0 Å². The molecule has 0 aromatic rings. The van der Waals surface area contributed by atoms with Crippen LogP contribution in [0.1, 0.15) is 72.6 Å². The Bertz CT molecular complexity index is 249. The molecule has 2 nitrogen and oxygen atoms in total. The van der Waals surface area contributed by atoms with Gasteiger partial charge in [-0.25, -0.2) is 0 Å². The smallest absolute Gasteiger partial charge is 0.132 e. The average Bonchev–Trinajstić information content (AvgIpc) is 2.30. The van der Waals surface area contributed by atoms with Crippen LogP contribution in [-0.4, -0.2) is 22.7 Å². The maximum Gasteiger partial charge on any atom is 0.132 e. The maximum absolute atomic E-state index is 11.5. The lowest BCUT2D eigenvalue weighted by Crippen LogP contribution is -2.30. The van der Waals surface area contributed by atoms with Crippen molar-refractivity contribution in [1.82, 2.24) is 0 Å². The van der Waals surface area contributed by atoms with Gasteiger partial charge in [0.05, 0.1) is 6.10 Å². The highest BCUT2D eigenvalue weighted by Crippen LogP contribution is 2.31. The van der Waals surface area contributed by atoms with Crippen molar-refractivity contribution < 1.29 is 9.90 Å². The molecule has 1 atom stereocenters. The first kappa shape index (κ1) is 19.0. The molecule has 0 aliphatic rings. The predicted octanol–water partition coefficient (Wildman–Crippen LogP) is 4.26. The van der Waals surface area contributed by atoms with E-state index in [2.05, 4.69) is 40.3 Å². The summed E-state index contributed by atoms with van der Waals surface area (Å²) in [5.41, 5.74) is -0.0236. The summed E-state index contributed by atoms with van der Waals surface area (Å²) in [7, 11) is 0. The summed E-state index contributed by atoms with van der Waals surface area (Å²) in [6, 6.07) is 0. The summed E-state index contributed by atoms with van der Waals surface area (Å²) in [4.78, 5) is 11.5. The second-order valence-corrected chi connectivity index (χ2v) is 7.16. The van der Waals surface area contributed by atoms with Crippen molar-refractivity contribution in [3.05, 3.63) is 0 Å². The zero-order valence-electron chi connectivity index (χ0n) is 13.1. The van der Waals surface area contributed by atoms with Crippen LogP contribution in [0, 0.1) is 11.3 Å². The fourth-order valence-electron chi connectivity index (χ4n) is 2.64. The third-order valence-electron chi connectivity index (χ3n) is 3.63. The van der Waals surface area contributed by atoms with E-state index in [1.165, 1.54) is 0 Å². The predicted molar refractivity (Wildman–Crippen MR) is 85.8 cm³/mol. The van der Waals surface area contributed by atoms with Gasteiger partial charge in [0.15, 0.2) is 0 Å². The van der Waals surface area contributed by atoms with Crippen LogP contribution in [0.15, 0.2) is 0 Å². The second-order valence-electron chi connectivity index (χ2n) is 6.71. The number of carbonyl (C=O) groups is 1. The standard InChI is InChI=1S/C16H32O2S/c1-13(2)12-16(3,4)15(18)10-6-5-8-14(17)9-7-11-19/h13,15,18-19H,5-12H2,1-4H3/t15-/m0/s1. The Kier molecular flexibility index (Phi) is 9.81. The number of unbranched alkanes of at least 4 members (excludes halogenated alkanes) is 1. The first-order chi connectivity index (χ1) is 8.79. The number of rotatable bonds is 11. The van der Waals surface area contributed by atoms with E-state index in [1.54, 1.807) is 0 Å². The molecule has 0 aliphatic carbocycles. The molecule has 19 heavy (non-hydrogen) atoms. The van der Waals surface area contributed by atoms with Crippen molar-refractivity contribution in [3.63, 3.8) is 0 Å². The quantitative estimate of drug-likeness (QED) is 0.440. The highest BCUT2D eigenvalue weighted by atomic mass is 32.1. The molecule has 0 rings (SSSR count). The normalized spacial score (nSPS) is 13.8. The fraction of sp³-hybridized carbons (Fsp3) is 0.938. The van der Waals surface area contributed by atoms with E-state index >= 15 is 0 Å². The van der Waals surface area contributed by atoms with Crippen molar-refractivity contribution in [3.8, 4) is 0 Å². The molecule has 1 N–H and O–H groups in total. The average molecular weight is 288 g/mol. The Morgan fingerprint density at radius 3 is 2.26 bits per heavy atom. The fourth-order valence-corrected chi connectivity index (χ4v) is 2.80. The summed E-state index contributed by atoms with van der Waals surface area (Å²) in [5.74, 6) is 1.73. The molecule has 0 spiro atoms. The summed E-state index contributed by atoms with van der Waals surface area (Å²) in [6.45, 7) is 8.65. The van der Waals surface area contributed by atoms with Gasteiger partial charge < -0.3 is 5.11 Å². The number of thiol groups is 1. The van der Waals surface area contributed by atoms with Crippen LogP contribution in [0.25, 0.3) is 0 Å². The lowest BCUT2D eigenvalue weighted by atomic mass is 9.77. The van der Waals surface area contributed by atoms with Gasteiger partial charge in [-0.15, -0.1) is 0 Å². The van der Waals surface area contributed by atoms with Gasteiger partial charge in [0.1, 0.15) is 5.78 Å². The minimum atomic E-state index is -0.262. The van der Waals surface area contributed by atoms with Crippen LogP contribution in [0.2, 0.25) is 0 Å². The maximum atomic E-state index is 11.5. The zero-order valence-corrected chi connectivity index (χ0v) is 14.0. The van der Waals surface area contributed by atoms with Crippen molar-refractivity contribution in [2.75, 3.05) is 5.75 Å². The van der Waals surface area contributed by atoms with Gasteiger partial charge in [-0.05, 0) is 42.8 Å². The van der Waals surface area contributed by atoms with Gasteiger partial charge in [0.25, 0.3) is 0 Å². The van der Waals surface area contributed by atoms with E-state index < -0.39 is 0 Å². The first-order valence-electron chi connectivity index (χ1n) is 7.60. The van der Waals surface area contributed by atoms with Gasteiger partial charge in [0, 0.05) is 12.8 Å². The Morgan fingerprint density at radius 1 is 1.16 bits per heavy atom. The minimum absolute atomic E-state index is 0.0236. The summed E-state index contributed by atoms with van der Waals surface area (Å²) in [5, 5.41) is 10.2. The van der Waals surface area contributed by atoms with Crippen LogP contribution in [0.3, 0.4) is 0 Å². The molecule has 0 saturated carbocycles. The van der Waals surface area contributed by atoms with Crippen molar-refractivity contribution in [2.24, 2.45) is 11.3 Å². The van der Waals surface area contributed by atoms with Crippen molar-refractivity contribution in [1.29, 1.82) is 0 Å². The molecular formula is C16H32O2S. The van der Waals surface area contributed by atoms with Gasteiger partial charge in [-0.2, -0.15) is 12.6 Å². The van der Waals surface area contributed by atoms with E-state index in [4.69, 9.17) is 0 Å². The molecule has 114 valence electrons. The molecule has 0 aliphatic heterocycles. The summed E-state index contributed by atoms with van der Waals surface area (Å²) < 4.78 is 0. The zero-order chi connectivity index (χ0) is 14.9. The van der Waals surface area contributed by atoms with E-state index in [-0.39, 0.29) is 11.5 Å². The molecule has 0 amide bonds. The highest BCUT2D eigenvalue weighted by molar-refractivity contribution is 7.80. The number of hydrogen-bond acceptors (Lipinski definition) is 3. The van der Waals surface area contributed by atoms with Gasteiger partial charge in [-0.3, -0.25) is 4.79 Å². The minimum Gasteiger partial charge on any atom is -0.393 e. The summed E-state index contributed by atoms with van der Waals surface area (Å²) >= 11 is 4.11. The number of aliphatic hydroxyl groups is 1. The van der Waals surface area contributed by atoms with Gasteiger partial charge >= 0.3 is 0 Å². The molecule has 3 heteroatoms. The molecule has 0 aromatic heterocycles. The largest absolute Gasteiger partial charge is 0.393 e. The molecule has 0 unspecified atom stereocenters. The van der Waals surface area contributed by atoms with Gasteiger partial charge in [-0.1, -0.05) is 34.1 Å². The molecule has 0 radical (unpaired) electrons. The van der Waals surface area contributed by atoms with Crippen LogP contribution in [0.4, 0.5) is 0 Å². The lowest BCUT2D eigenvalue weighted by Gasteiger charge is -2.32. The van der Waals surface area contributed by atoms with Crippen LogP contribution in [-0.2, 0) is 4.79 Å². The Labute approximate surface area is 124 Å². The van der Waals surface area contributed by atoms with E-state index in [1.807, 2.05) is 0 Å². The Hall–Kier alpha value is -0.0200. The third-order valence-corrected chi connectivity index (χ3v) is 3.95. The van der Waals surface area contributed by atoms with E-state index in [9.17, 15) is 9.90 Å². The highest BCUT2D eigenvalue weighted by Gasteiger charge is 2.27. The second kappa shape index (κ2) is 9.82. The van der Waals surface area contributed by atoms with Crippen LogP contribution >= 0.6 is 12.6 Å². The third kappa shape index (κ3) is 9.50. The molecule has 0 bridgehead atoms. The monoisotopic (exact) mass is 288 g/mol. The molecule has 0 saturated heterocycles. The number of carbonyl (C=O) groups excluding carboxylic acids is 1. The Balaban J connectivity index is 3.79. The Morgan fingerprint density at radius 2 is 1.74 bits per heavy atom. The molecule has 0 heterocycles. The van der Waals surface area contributed by atoms with Crippen LogP contribution in [0.5, 0.6) is 0 Å². The summed E-state index contributed by atoms with van der Waals surface area (Å²) in [6.07, 6.45) is 5.62. The number of aliphatic hydroxyl groups excluding tert-OH is 1. The van der Waals surface area contributed by atoms with E-state index in [0.717, 1.165) is 37.9 Å². The number of ketones is 1. The molecule has 0 aromatic carbocycles. The van der Waals surface area contributed by atoms with Crippen molar-refractivity contribution in [2.45, 2.75) is 78.7 Å². The van der Waals surface area contributed by atoms with Crippen molar-refractivity contribution >= 4 is 18.4 Å². The molecule has 0 fully saturated rings. The molecular weight excluding hydrogens is 256 g/mol. The van der Waals surface area contributed by atoms with Crippen LogP contribution < -0.4 is 0 Å². The van der Waals surface area contributed by atoms with E-state index in [0.29, 0.717) is 24.5 Å². The topological polar surface area (TPSA) is 37.3 Å². The number of hydrogen-bond donors (Lipinski definition) is 2. The number of Topliss-reactive ketones (excluding diaryl/α,β-unsaturated/α-hetero) is 1. The first-order valence-corrected chi connectivity index (χ1v) is 8.23. The lowest BCUT2D eigenvalue weighted by molar-refractivity contribution is -0.119. The SMILES string of the molecule is CC(C)CC(C)(C)[C@@H](O)CCCCC(=O)CCCS.